The zero-order valence-electron chi connectivity index (χ0n) is 12.1. The molecule has 5 nitrogen and oxygen atoms in total. The number of hydrogen-bond acceptors (Lipinski definition) is 4. The minimum atomic E-state index is -0.113. The van der Waals surface area contributed by atoms with Crippen LogP contribution < -0.4 is 5.73 Å². The van der Waals surface area contributed by atoms with Crippen LogP contribution in [0.4, 0.5) is 0 Å². The summed E-state index contributed by atoms with van der Waals surface area (Å²) < 4.78 is 1.93. The Hall–Kier alpha value is -2.27. The zero-order valence-corrected chi connectivity index (χ0v) is 12.1. The van der Waals surface area contributed by atoms with Crippen LogP contribution in [0.5, 0.6) is 0 Å². The molecule has 2 aromatic heterocycles. The molecule has 0 saturated carbocycles. The highest BCUT2D eigenvalue weighted by molar-refractivity contribution is 5.82. The van der Waals surface area contributed by atoms with Gasteiger partial charge in [0, 0.05) is 30.6 Å². The molecule has 108 valence electrons. The molecule has 1 atom stereocenters. The van der Waals surface area contributed by atoms with E-state index in [9.17, 15) is 0 Å². The number of aryl methyl sites for hydroxylation is 1. The van der Waals surface area contributed by atoms with Gasteiger partial charge in [-0.2, -0.15) is 5.10 Å². The summed E-state index contributed by atoms with van der Waals surface area (Å²) in [6.45, 7) is 3.00. The van der Waals surface area contributed by atoms with E-state index in [1.54, 1.807) is 6.33 Å². The summed E-state index contributed by atoms with van der Waals surface area (Å²) in [7, 11) is 0. The molecule has 1 unspecified atom stereocenters. The normalized spacial score (nSPS) is 12.7. The molecule has 0 amide bonds. The minimum Gasteiger partial charge on any atom is -0.324 e. The topological polar surface area (TPSA) is 69.6 Å². The van der Waals surface area contributed by atoms with Crippen LogP contribution in [0.3, 0.4) is 0 Å². The third-order valence-corrected chi connectivity index (χ3v) is 3.62. The number of fused-ring (bicyclic) bond motifs is 1. The van der Waals surface area contributed by atoms with E-state index in [-0.39, 0.29) is 6.04 Å². The Bertz CT molecular complexity index is 729. The molecular formula is C16H19N5. The molecule has 0 saturated heterocycles. The number of nitrogens with zero attached hydrogens (tertiary/aromatic N) is 4. The van der Waals surface area contributed by atoms with E-state index in [4.69, 9.17) is 5.73 Å². The number of nitrogens with two attached hydrogens (primary N) is 1. The van der Waals surface area contributed by atoms with Gasteiger partial charge in [-0.1, -0.05) is 25.1 Å². The van der Waals surface area contributed by atoms with Gasteiger partial charge in [0.25, 0.3) is 0 Å². The average Bonchev–Trinajstić information content (AvgIpc) is 2.94. The predicted molar refractivity (Wildman–Crippen MR) is 82.7 cm³/mol. The first-order valence-corrected chi connectivity index (χ1v) is 7.25. The van der Waals surface area contributed by atoms with Gasteiger partial charge < -0.3 is 5.73 Å². The largest absolute Gasteiger partial charge is 0.324 e. The fourth-order valence-corrected chi connectivity index (χ4v) is 2.59. The van der Waals surface area contributed by atoms with Gasteiger partial charge >= 0.3 is 0 Å². The van der Waals surface area contributed by atoms with Crippen LogP contribution in [0, 0.1) is 0 Å². The van der Waals surface area contributed by atoms with Crippen molar-refractivity contribution in [2.45, 2.75) is 32.4 Å². The smallest absolute Gasteiger partial charge is 0.138 e. The maximum atomic E-state index is 6.41. The van der Waals surface area contributed by atoms with Gasteiger partial charge in [0.2, 0.25) is 0 Å². The third kappa shape index (κ3) is 2.78. The van der Waals surface area contributed by atoms with Crippen molar-refractivity contribution in [2.24, 2.45) is 5.73 Å². The lowest BCUT2D eigenvalue weighted by atomic mass is 10.00. The van der Waals surface area contributed by atoms with Gasteiger partial charge in [-0.05, 0) is 24.1 Å². The second-order valence-corrected chi connectivity index (χ2v) is 5.13. The molecule has 1 aromatic carbocycles. The molecule has 3 aromatic rings. The summed E-state index contributed by atoms with van der Waals surface area (Å²) in [5, 5.41) is 5.36. The van der Waals surface area contributed by atoms with E-state index < -0.39 is 0 Å². The molecule has 0 radical (unpaired) electrons. The Labute approximate surface area is 123 Å². The highest BCUT2D eigenvalue weighted by Gasteiger charge is 2.14. The van der Waals surface area contributed by atoms with Crippen molar-refractivity contribution < 1.29 is 0 Å². The summed E-state index contributed by atoms with van der Waals surface area (Å²) in [6, 6.07) is 9.95. The first-order chi connectivity index (χ1) is 10.3. The second kappa shape index (κ2) is 6.01. The summed E-state index contributed by atoms with van der Waals surface area (Å²) >= 11 is 0. The molecule has 2 heterocycles. The van der Waals surface area contributed by atoms with Gasteiger partial charge in [0.05, 0.1) is 5.52 Å². The van der Waals surface area contributed by atoms with Crippen LogP contribution in [0.2, 0.25) is 0 Å². The molecule has 5 heteroatoms. The van der Waals surface area contributed by atoms with Crippen LogP contribution in [-0.4, -0.2) is 19.7 Å². The van der Waals surface area contributed by atoms with E-state index >= 15 is 0 Å². The number of hydrogen-bond donors (Lipinski definition) is 1. The van der Waals surface area contributed by atoms with Crippen molar-refractivity contribution >= 4 is 10.9 Å². The SMILES string of the molecule is CCCn1ncnc1CC(N)c1ccnc2ccccc12. The molecule has 0 fully saturated rings. The number of aromatic nitrogens is 4. The lowest BCUT2D eigenvalue weighted by Gasteiger charge is -2.14. The lowest BCUT2D eigenvalue weighted by Crippen LogP contribution is -2.17. The van der Waals surface area contributed by atoms with E-state index in [0.717, 1.165) is 35.3 Å². The van der Waals surface area contributed by atoms with Crippen LogP contribution in [0.15, 0.2) is 42.9 Å². The van der Waals surface area contributed by atoms with E-state index in [0.29, 0.717) is 6.42 Å². The molecule has 0 bridgehead atoms. The maximum Gasteiger partial charge on any atom is 0.138 e. The quantitative estimate of drug-likeness (QED) is 0.780. The van der Waals surface area contributed by atoms with Gasteiger partial charge in [-0.3, -0.25) is 9.67 Å². The Morgan fingerprint density at radius 3 is 2.90 bits per heavy atom. The molecule has 21 heavy (non-hydrogen) atoms. The molecule has 0 aliphatic carbocycles. The van der Waals surface area contributed by atoms with Crippen molar-refractivity contribution in [3.8, 4) is 0 Å². The molecule has 2 N–H and O–H groups in total. The van der Waals surface area contributed by atoms with Crippen LogP contribution in [-0.2, 0) is 13.0 Å². The fraction of sp³-hybridized carbons (Fsp3) is 0.312. The third-order valence-electron chi connectivity index (χ3n) is 3.62. The molecular weight excluding hydrogens is 262 g/mol. The van der Waals surface area contributed by atoms with Crippen molar-refractivity contribution in [1.29, 1.82) is 0 Å². The van der Waals surface area contributed by atoms with E-state index in [1.165, 1.54) is 0 Å². The number of para-hydroxylation sites is 1. The first-order valence-electron chi connectivity index (χ1n) is 7.25. The Balaban J connectivity index is 1.90. The summed E-state index contributed by atoms with van der Waals surface area (Å²) in [6.07, 6.45) is 5.12. The molecule has 3 rings (SSSR count). The minimum absolute atomic E-state index is 0.113. The predicted octanol–water partition coefficient (Wildman–Crippen LogP) is 2.48. The monoisotopic (exact) mass is 281 g/mol. The Morgan fingerprint density at radius 1 is 1.19 bits per heavy atom. The maximum absolute atomic E-state index is 6.41. The zero-order chi connectivity index (χ0) is 14.7. The van der Waals surface area contributed by atoms with Gasteiger partial charge in [0.15, 0.2) is 0 Å². The second-order valence-electron chi connectivity index (χ2n) is 5.13. The van der Waals surface area contributed by atoms with Crippen molar-refractivity contribution in [3.63, 3.8) is 0 Å². The van der Waals surface area contributed by atoms with Crippen molar-refractivity contribution in [3.05, 3.63) is 54.2 Å². The first kappa shape index (κ1) is 13.7. The Kier molecular flexibility index (Phi) is 3.92. The lowest BCUT2D eigenvalue weighted by molar-refractivity contribution is 0.549. The highest BCUT2D eigenvalue weighted by atomic mass is 15.3. The van der Waals surface area contributed by atoms with Crippen LogP contribution in [0.25, 0.3) is 10.9 Å². The Morgan fingerprint density at radius 2 is 2.05 bits per heavy atom. The fourth-order valence-electron chi connectivity index (χ4n) is 2.59. The summed E-state index contributed by atoms with van der Waals surface area (Å²) in [5.74, 6) is 0.935. The van der Waals surface area contributed by atoms with E-state index in [1.807, 2.05) is 35.1 Å². The number of rotatable bonds is 5. The van der Waals surface area contributed by atoms with E-state index in [2.05, 4.69) is 28.1 Å². The summed E-state index contributed by atoms with van der Waals surface area (Å²) in [4.78, 5) is 8.72. The van der Waals surface area contributed by atoms with Crippen LogP contribution >= 0.6 is 0 Å². The van der Waals surface area contributed by atoms with Gasteiger partial charge in [-0.25, -0.2) is 4.98 Å². The van der Waals surface area contributed by atoms with Gasteiger partial charge in [-0.15, -0.1) is 0 Å². The van der Waals surface area contributed by atoms with Crippen molar-refractivity contribution in [2.75, 3.05) is 0 Å². The summed E-state index contributed by atoms with van der Waals surface area (Å²) in [5.41, 5.74) is 8.48. The molecule has 0 aliphatic rings. The van der Waals surface area contributed by atoms with Crippen molar-refractivity contribution in [1.82, 2.24) is 19.7 Å². The average molecular weight is 281 g/mol. The molecule has 0 spiro atoms. The van der Waals surface area contributed by atoms with Gasteiger partial charge in [0.1, 0.15) is 12.2 Å². The highest BCUT2D eigenvalue weighted by Crippen LogP contribution is 2.23. The molecule has 0 aliphatic heterocycles. The number of benzene rings is 1. The number of pyridine rings is 1. The standard InChI is InChI=1S/C16H19N5/c1-2-9-21-16(19-11-20-21)10-14(17)12-7-8-18-15-6-4-3-5-13(12)15/h3-8,11,14H,2,9-10,17H2,1H3. The van der Waals surface area contributed by atoms with Crippen LogP contribution in [0.1, 0.15) is 30.8 Å².